The molecular formula is C18H12FN3O2S2. The molecule has 0 aliphatic heterocycles. The maximum Gasteiger partial charge on any atom is 0.281 e. The summed E-state index contributed by atoms with van der Waals surface area (Å²) in [5.74, 6) is -0.832. The highest BCUT2D eigenvalue weighted by Crippen LogP contribution is 2.33. The first kappa shape index (κ1) is 16.6. The van der Waals surface area contributed by atoms with Gasteiger partial charge >= 0.3 is 0 Å². The third kappa shape index (κ3) is 3.16. The quantitative estimate of drug-likeness (QED) is 0.583. The van der Waals surface area contributed by atoms with Crippen LogP contribution in [0.25, 0.3) is 20.7 Å². The second-order valence-electron chi connectivity index (χ2n) is 5.57. The molecule has 26 heavy (non-hydrogen) atoms. The highest BCUT2D eigenvalue weighted by molar-refractivity contribution is 7.18. The number of hydrogen-bond acceptors (Lipinski definition) is 5. The Morgan fingerprint density at radius 3 is 2.88 bits per heavy atom. The van der Waals surface area contributed by atoms with Crippen LogP contribution in [0.1, 0.15) is 5.56 Å². The van der Waals surface area contributed by atoms with Crippen molar-refractivity contribution in [3.8, 4) is 10.4 Å². The van der Waals surface area contributed by atoms with Gasteiger partial charge in [-0.25, -0.2) is 14.1 Å². The van der Waals surface area contributed by atoms with Gasteiger partial charge < -0.3 is 0 Å². The van der Waals surface area contributed by atoms with Crippen LogP contribution in [0.5, 0.6) is 0 Å². The number of benzene rings is 1. The molecule has 130 valence electrons. The highest BCUT2D eigenvalue weighted by Gasteiger charge is 2.15. The first-order valence-corrected chi connectivity index (χ1v) is 9.45. The zero-order valence-corrected chi connectivity index (χ0v) is 14.9. The zero-order valence-electron chi connectivity index (χ0n) is 13.3. The molecule has 0 spiro atoms. The van der Waals surface area contributed by atoms with E-state index in [9.17, 15) is 14.0 Å². The van der Waals surface area contributed by atoms with E-state index >= 15 is 0 Å². The number of nitrogens with one attached hydrogen (secondary N) is 1. The number of amides is 1. The van der Waals surface area contributed by atoms with Crippen molar-refractivity contribution in [2.24, 2.45) is 0 Å². The molecular weight excluding hydrogens is 373 g/mol. The summed E-state index contributed by atoms with van der Waals surface area (Å²) in [6.07, 6.45) is 1.26. The molecule has 0 aliphatic carbocycles. The lowest BCUT2D eigenvalue weighted by molar-refractivity contribution is -0.116. The number of carbonyl (C=O) groups excluding carboxylic acids is 1. The first-order valence-electron chi connectivity index (χ1n) is 7.69. The lowest BCUT2D eigenvalue weighted by atomic mass is 10.1. The summed E-state index contributed by atoms with van der Waals surface area (Å²) in [6, 6.07) is 9.64. The van der Waals surface area contributed by atoms with Crippen molar-refractivity contribution in [1.29, 1.82) is 0 Å². The normalized spacial score (nSPS) is 11.0. The van der Waals surface area contributed by atoms with Gasteiger partial charge in [0.15, 0.2) is 0 Å². The minimum atomic E-state index is -0.424. The fourth-order valence-corrected chi connectivity index (χ4v) is 4.35. The number of thiophene rings is 2. The minimum Gasteiger partial charge on any atom is -0.273 e. The molecule has 8 heteroatoms. The second-order valence-corrected chi connectivity index (χ2v) is 7.37. The Morgan fingerprint density at radius 2 is 2.12 bits per heavy atom. The number of fused-ring (bicyclic) bond motifs is 1. The molecule has 0 bridgehead atoms. The number of halogens is 1. The predicted octanol–water partition coefficient (Wildman–Crippen LogP) is 3.64. The summed E-state index contributed by atoms with van der Waals surface area (Å²) >= 11 is 2.92. The van der Waals surface area contributed by atoms with Gasteiger partial charge in [0.2, 0.25) is 5.91 Å². The van der Waals surface area contributed by atoms with Crippen molar-refractivity contribution in [2.45, 2.75) is 6.42 Å². The molecule has 3 heterocycles. The molecule has 0 atom stereocenters. The Kier molecular flexibility index (Phi) is 4.36. The van der Waals surface area contributed by atoms with Crippen molar-refractivity contribution in [3.05, 3.63) is 75.2 Å². The topological polar surface area (TPSA) is 64.0 Å². The fourth-order valence-electron chi connectivity index (χ4n) is 2.63. The SMILES string of the molecule is O=C(Cc1cccc(F)c1)Nn1cnc2scc(-c3cccs3)c2c1=O. The summed E-state index contributed by atoms with van der Waals surface area (Å²) in [4.78, 5) is 30.9. The van der Waals surface area contributed by atoms with Crippen LogP contribution in [0.4, 0.5) is 4.39 Å². The van der Waals surface area contributed by atoms with Gasteiger partial charge in [0, 0.05) is 15.8 Å². The van der Waals surface area contributed by atoms with Crippen LogP contribution >= 0.6 is 22.7 Å². The van der Waals surface area contributed by atoms with Gasteiger partial charge in [0.05, 0.1) is 11.8 Å². The van der Waals surface area contributed by atoms with Crippen LogP contribution in [0.3, 0.4) is 0 Å². The Bertz CT molecular complexity index is 1150. The number of hydrogen-bond donors (Lipinski definition) is 1. The van der Waals surface area contributed by atoms with Crippen LogP contribution in [0.2, 0.25) is 0 Å². The molecule has 1 aromatic carbocycles. The molecule has 3 aromatic heterocycles. The molecule has 0 radical (unpaired) electrons. The third-order valence-corrected chi connectivity index (χ3v) is 5.57. The summed E-state index contributed by atoms with van der Waals surface area (Å²) in [5.41, 5.74) is 3.52. The maximum atomic E-state index is 13.2. The standard InChI is InChI=1S/C18H12FN3O2S2/c19-12-4-1-3-11(7-12)8-15(23)21-22-10-20-17-16(18(22)24)13(9-26-17)14-5-2-6-25-14/h1-7,9-10H,8H2,(H,21,23). The number of aromatic nitrogens is 2. The lowest BCUT2D eigenvalue weighted by Crippen LogP contribution is -2.34. The van der Waals surface area contributed by atoms with E-state index in [0.717, 1.165) is 15.1 Å². The van der Waals surface area contributed by atoms with Gasteiger partial charge in [-0.05, 0) is 29.1 Å². The molecule has 1 N–H and O–H groups in total. The fraction of sp³-hybridized carbons (Fsp3) is 0.0556. The van der Waals surface area contributed by atoms with Gasteiger partial charge in [-0.2, -0.15) is 0 Å². The molecule has 4 aromatic rings. The minimum absolute atomic E-state index is 0.0380. The Morgan fingerprint density at radius 1 is 1.23 bits per heavy atom. The Labute approximate surface area is 155 Å². The largest absolute Gasteiger partial charge is 0.281 e. The van der Waals surface area contributed by atoms with E-state index in [0.29, 0.717) is 15.8 Å². The molecule has 0 unspecified atom stereocenters. The molecule has 0 aliphatic rings. The van der Waals surface area contributed by atoms with Gasteiger partial charge in [0.1, 0.15) is 17.0 Å². The third-order valence-electron chi connectivity index (χ3n) is 3.78. The van der Waals surface area contributed by atoms with Crippen molar-refractivity contribution in [3.63, 3.8) is 0 Å². The van der Waals surface area contributed by atoms with E-state index in [1.165, 1.54) is 47.2 Å². The summed E-state index contributed by atoms with van der Waals surface area (Å²) in [6.45, 7) is 0. The van der Waals surface area contributed by atoms with Gasteiger partial charge in [0.25, 0.3) is 5.56 Å². The van der Waals surface area contributed by atoms with Crippen LogP contribution in [0, 0.1) is 5.82 Å². The number of rotatable bonds is 4. The zero-order chi connectivity index (χ0) is 18.1. The van der Waals surface area contributed by atoms with Crippen molar-refractivity contribution in [1.82, 2.24) is 9.66 Å². The number of carbonyl (C=O) groups is 1. The smallest absolute Gasteiger partial charge is 0.273 e. The molecule has 5 nitrogen and oxygen atoms in total. The summed E-state index contributed by atoms with van der Waals surface area (Å²) < 4.78 is 14.3. The second kappa shape index (κ2) is 6.81. The monoisotopic (exact) mass is 385 g/mol. The van der Waals surface area contributed by atoms with Gasteiger partial charge in [-0.3, -0.25) is 15.0 Å². The van der Waals surface area contributed by atoms with Crippen LogP contribution in [-0.2, 0) is 11.2 Å². The average Bonchev–Trinajstić information content (AvgIpc) is 3.26. The predicted molar refractivity (Wildman–Crippen MR) is 102 cm³/mol. The summed E-state index contributed by atoms with van der Waals surface area (Å²) in [5, 5.41) is 4.31. The average molecular weight is 385 g/mol. The Balaban J connectivity index is 1.65. The van der Waals surface area contributed by atoms with Crippen molar-refractivity contribution >= 4 is 38.8 Å². The van der Waals surface area contributed by atoms with E-state index in [2.05, 4.69) is 10.4 Å². The highest BCUT2D eigenvalue weighted by atomic mass is 32.1. The van der Waals surface area contributed by atoms with Crippen molar-refractivity contribution < 1.29 is 9.18 Å². The molecule has 4 rings (SSSR count). The van der Waals surface area contributed by atoms with E-state index in [-0.39, 0.29) is 12.0 Å². The van der Waals surface area contributed by atoms with E-state index in [1.54, 1.807) is 6.07 Å². The van der Waals surface area contributed by atoms with Gasteiger partial charge in [-0.1, -0.05) is 18.2 Å². The van der Waals surface area contributed by atoms with Gasteiger partial charge in [-0.15, -0.1) is 22.7 Å². The lowest BCUT2D eigenvalue weighted by Gasteiger charge is -2.08. The molecule has 1 amide bonds. The maximum absolute atomic E-state index is 13.2. The molecule has 0 saturated carbocycles. The van der Waals surface area contributed by atoms with E-state index in [1.807, 2.05) is 22.9 Å². The van der Waals surface area contributed by atoms with E-state index in [4.69, 9.17) is 0 Å². The van der Waals surface area contributed by atoms with Crippen LogP contribution < -0.4 is 11.0 Å². The first-order chi connectivity index (χ1) is 12.6. The van der Waals surface area contributed by atoms with Crippen molar-refractivity contribution in [2.75, 3.05) is 5.43 Å². The van der Waals surface area contributed by atoms with Crippen LogP contribution in [-0.4, -0.2) is 15.6 Å². The van der Waals surface area contributed by atoms with E-state index < -0.39 is 11.7 Å². The van der Waals surface area contributed by atoms with Crippen LogP contribution in [0.15, 0.2) is 58.3 Å². The number of nitrogens with zero attached hydrogens (tertiary/aromatic N) is 2. The Hall–Kier alpha value is -2.84. The molecule has 0 saturated heterocycles. The molecule has 0 fully saturated rings. The summed E-state index contributed by atoms with van der Waals surface area (Å²) in [7, 11) is 0.